The van der Waals surface area contributed by atoms with E-state index in [-0.39, 0.29) is 23.0 Å². The molecule has 1 aromatic rings. The van der Waals surface area contributed by atoms with Crippen molar-refractivity contribution >= 4 is 0 Å². The summed E-state index contributed by atoms with van der Waals surface area (Å²) in [5.74, 6) is 0.366. The van der Waals surface area contributed by atoms with Crippen LogP contribution in [-0.4, -0.2) is 24.4 Å². The van der Waals surface area contributed by atoms with Crippen LogP contribution in [0.3, 0.4) is 0 Å². The van der Waals surface area contributed by atoms with E-state index in [0.29, 0.717) is 17.5 Å². The van der Waals surface area contributed by atoms with Gasteiger partial charge < -0.3 is 19.7 Å². The predicted octanol–water partition coefficient (Wildman–Crippen LogP) is 3.32. The molecule has 0 bridgehead atoms. The number of phenols is 2. The van der Waals surface area contributed by atoms with E-state index in [1.165, 1.54) is 19.8 Å². The Bertz CT molecular complexity index is 490. The minimum atomic E-state index is 0.00898. The highest BCUT2D eigenvalue weighted by atomic mass is 16.5. The normalized spacial score (nSPS) is 11.5. The quantitative estimate of drug-likeness (QED) is 0.634. The monoisotopic (exact) mass is 266 g/mol. The van der Waals surface area contributed by atoms with Crippen molar-refractivity contribution in [3.05, 3.63) is 22.8 Å². The Morgan fingerprint density at radius 2 is 1.63 bits per heavy atom. The van der Waals surface area contributed by atoms with Crippen molar-refractivity contribution in [1.82, 2.24) is 0 Å². The minimum absolute atomic E-state index is 0.00898. The van der Waals surface area contributed by atoms with Gasteiger partial charge in [-0.1, -0.05) is 18.6 Å². The van der Waals surface area contributed by atoms with Crippen LogP contribution in [-0.2, 0) is 6.42 Å². The van der Waals surface area contributed by atoms with Crippen molar-refractivity contribution in [2.45, 2.75) is 33.6 Å². The van der Waals surface area contributed by atoms with Crippen molar-refractivity contribution in [3.63, 3.8) is 0 Å². The van der Waals surface area contributed by atoms with Crippen LogP contribution in [0.1, 0.15) is 31.4 Å². The molecule has 1 aromatic carbocycles. The maximum Gasteiger partial charge on any atom is 0.207 e. The summed E-state index contributed by atoms with van der Waals surface area (Å²) in [7, 11) is 2.86. The molecular weight excluding hydrogens is 244 g/mol. The second kappa shape index (κ2) is 6.36. The molecular formula is C15H22O4. The van der Waals surface area contributed by atoms with Crippen LogP contribution in [0.2, 0.25) is 0 Å². The molecule has 0 saturated heterocycles. The topological polar surface area (TPSA) is 58.9 Å². The summed E-state index contributed by atoms with van der Waals surface area (Å²) < 4.78 is 10.2. The highest BCUT2D eigenvalue weighted by molar-refractivity contribution is 5.66. The fourth-order valence-electron chi connectivity index (χ4n) is 1.89. The van der Waals surface area contributed by atoms with Gasteiger partial charge >= 0.3 is 0 Å². The van der Waals surface area contributed by atoms with E-state index in [1.54, 1.807) is 6.92 Å². The molecule has 19 heavy (non-hydrogen) atoms. The first-order valence-electron chi connectivity index (χ1n) is 6.28. The first-order chi connectivity index (χ1) is 8.97. The molecule has 0 aliphatic rings. The van der Waals surface area contributed by atoms with Crippen LogP contribution >= 0.6 is 0 Å². The number of rotatable bonds is 5. The Balaban J connectivity index is 3.37. The number of allylic oxidation sites excluding steroid dienone is 2. The maximum absolute atomic E-state index is 10.2. The largest absolute Gasteiger partial charge is 0.504 e. The Kier molecular flexibility index (Phi) is 5.10. The summed E-state index contributed by atoms with van der Waals surface area (Å²) in [5.41, 5.74) is 2.49. The lowest BCUT2D eigenvalue weighted by molar-refractivity contribution is 0.314. The molecule has 1 rings (SSSR count). The third kappa shape index (κ3) is 2.95. The van der Waals surface area contributed by atoms with Crippen molar-refractivity contribution in [1.29, 1.82) is 0 Å². The fraction of sp³-hybridized carbons (Fsp3) is 0.467. The van der Waals surface area contributed by atoms with Crippen LogP contribution in [0.15, 0.2) is 11.6 Å². The number of hydrogen-bond donors (Lipinski definition) is 2. The van der Waals surface area contributed by atoms with Crippen LogP contribution in [0.5, 0.6) is 23.0 Å². The molecule has 4 nitrogen and oxygen atoms in total. The molecule has 106 valence electrons. The van der Waals surface area contributed by atoms with E-state index in [1.807, 2.05) is 13.0 Å². The first kappa shape index (κ1) is 15.2. The van der Waals surface area contributed by atoms with E-state index >= 15 is 0 Å². The maximum atomic E-state index is 10.2. The molecule has 0 aliphatic heterocycles. The molecule has 0 heterocycles. The van der Waals surface area contributed by atoms with Crippen LogP contribution in [0.25, 0.3) is 0 Å². The standard InChI is InChI=1S/C15H22O4/c1-6-9(2)7-8-11-10(3)12(16)14(18-4)15(19-5)13(11)17/h7,16-17H,6,8H2,1-5H3/b9-7-. The number of methoxy groups -OCH3 is 2. The molecule has 0 spiro atoms. The lowest BCUT2D eigenvalue weighted by Gasteiger charge is -2.17. The summed E-state index contributed by atoms with van der Waals surface area (Å²) in [5, 5.41) is 20.3. The summed E-state index contributed by atoms with van der Waals surface area (Å²) in [6.45, 7) is 5.86. The number of benzene rings is 1. The molecule has 0 aromatic heterocycles. The Morgan fingerprint density at radius 1 is 1.11 bits per heavy atom. The van der Waals surface area contributed by atoms with E-state index < -0.39 is 0 Å². The fourth-order valence-corrected chi connectivity index (χ4v) is 1.89. The Labute approximate surface area is 114 Å². The summed E-state index contributed by atoms with van der Waals surface area (Å²) in [6.07, 6.45) is 3.54. The van der Waals surface area contributed by atoms with Gasteiger partial charge in [0, 0.05) is 11.1 Å². The molecule has 0 amide bonds. The van der Waals surface area contributed by atoms with Crippen LogP contribution in [0, 0.1) is 6.92 Å². The van der Waals surface area contributed by atoms with Crippen LogP contribution < -0.4 is 9.47 Å². The average Bonchev–Trinajstić information content (AvgIpc) is 2.41. The first-order valence-corrected chi connectivity index (χ1v) is 6.28. The molecule has 0 unspecified atom stereocenters. The van der Waals surface area contributed by atoms with Gasteiger partial charge in [0.1, 0.15) is 0 Å². The van der Waals surface area contributed by atoms with Gasteiger partial charge in [-0.05, 0) is 26.7 Å². The Morgan fingerprint density at radius 3 is 2.11 bits per heavy atom. The van der Waals surface area contributed by atoms with E-state index in [2.05, 4.69) is 6.92 Å². The van der Waals surface area contributed by atoms with Gasteiger partial charge in [-0.25, -0.2) is 0 Å². The van der Waals surface area contributed by atoms with Crippen molar-refractivity contribution in [2.75, 3.05) is 14.2 Å². The molecule has 4 heteroatoms. The molecule has 2 N–H and O–H groups in total. The summed E-state index contributed by atoms with van der Waals surface area (Å²) >= 11 is 0. The zero-order valence-corrected chi connectivity index (χ0v) is 12.2. The highest BCUT2D eigenvalue weighted by Gasteiger charge is 2.22. The van der Waals surface area contributed by atoms with Gasteiger partial charge in [-0.2, -0.15) is 0 Å². The third-order valence-electron chi connectivity index (χ3n) is 3.35. The molecule has 0 atom stereocenters. The van der Waals surface area contributed by atoms with Gasteiger partial charge in [0.2, 0.25) is 11.5 Å². The lowest BCUT2D eigenvalue weighted by atomic mass is 10.00. The summed E-state index contributed by atoms with van der Waals surface area (Å²) in [6, 6.07) is 0. The average molecular weight is 266 g/mol. The zero-order valence-electron chi connectivity index (χ0n) is 12.2. The number of phenolic OH excluding ortho intramolecular Hbond substituents is 2. The molecule has 0 saturated carbocycles. The van der Waals surface area contributed by atoms with E-state index in [4.69, 9.17) is 9.47 Å². The highest BCUT2D eigenvalue weighted by Crippen LogP contribution is 2.48. The zero-order chi connectivity index (χ0) is 14.6. The number of ether oxygens (including phenoxy) is 2. The van der Waals surface area contributed by atoms with Crippen molar-refractivity contribution < 1.29 is 19.7 Å². The van der Waals surface area contributed by atoms with Gasteiger partial charge in [-0.15, -0.1) is 0 Å². The Hall–Kier alpha value is -1.84. The molecule has 0 aliphatic carbocycles. The smallest absolute Gasteiger partial charge is 0.207 e. The van der Waals surface area contributed by atoms with Gasteiger partial charge in [-0.3, -0.25) is 0 Å². The second-order valence-corrected chi connectivity index (χ2v) is 4.48. The van der Waals surface area contributed by atoms with Gasteiger partial charge in [0.15, 0.2) is 11.5 Å². The molecule has 0 radical (unpaired) electrons. The van der Waals surface area contributed by atoms with Crippen LogP contribution in [0.4, 0.5) is 0 Å². The second-order valence-electron chi connectivity index (χ2n) is 4.48. The predicted molar refractivity (Wildman–Crippen MR) is 75.4 cm³/mol. The van der Waals surface area contributed by atoms with Crippen molar-refractivity contribution in [2.24, 2.45) is 0 Å². The lowest BCUT2D eigenvalue weighted by Crippen LogP contribution is -1.98. The van der Waals surface area contributed by atoms with Gasteiger partial charge in [0.25, 0.3) is 0 Å². The van der Waals surface area contributed by atoms with Crippen molar-refractivity contribution in [3.8, 4) is 23.0 Å². The van der Waals surface area contributed by atoms with E-state index in [9.17, 15) is 10.2 Å². The minimum Gasteiger partial charge on any atom is -0.504 e. The number of aromatic hydroxyl groups is 2. The molecule has 0 fully saturated rings. The summed E-state index contributed by atoms with van der Waals surface area (Å²) in [4.78, 5) is 0. The van der Waals surface area contributed by atoms with Gasteiger partial charge in [0.05, 0.1) is 14.2 Å². The SMILES string of the molecule is CC/C(C)=C\Cc1c(C)c(O)c(OC)c(OC)c1O. The number of hydrogen-bond acceptors (Lipinski definition) is 4. The van der Waals surface area contributed by atoms with E-state index in [0.717, 1.165) is 6.42 Å². The third-order valence-corrected chi connectivity index (χ3v) is 3.35.